The van der Waals surface area contributed by atoms with Crippen molar-refractivity contribution in [2.24, 2.45) is 11.8 Å². The van der Waals surface area contributed by atoms with Crippen LogP contribution in [0.4, 0.5) is 13.9 Å². The van der Waals surface area contributed by atoms with E-state index in [0.717, 1.165) is 10.6 Å². The molecule has 1 fully saturated rings. The largest absolute Gasteiger partial charge is 0.494 e. The van der Waals surface area contributed by atoms with E-state index < -0.39 is 18.3 Å². The zero-order valence-electron chi connectivity index (χ0n) is 20.8. The maximum Gasteiger partial charge on any atom is 0.259 e. The van der Waals surface area contributed by atoms with Gasteiger partial charge in [0.15, 0.2) is 5.13 Å². The van der Waals surface area contributed by atoms with Gasteiger partial charge in [-0.3, -0.25) is 19.9 Å². The Hall–Kier alpha value is -3.18. The molecular weight excluding hydrogens is 536 g/mol. The van der Waals surface area contributed by atoms with E-state index in [4.69, 9.17) is 16.3 Å². The van der Waals surface area contributed by atoms with E-state index >= 15 is 0 Å². The fourth-order valence-electron chi connectivity index (χ4n) is 5.04. The summed E-state index contributed by atoms with van der Waals surface area (Å²) < 4.78 is 31.3. The first-order valence-corrected chi connectivity index (χ1v) is 13.5. The molecule has 1 saturated carbocycles. The molecule has 1 aliphatic carbocycles. The van der Waals surface area contributed by atoms with Crippen molar-refractivity contribution < 1.29 is 23.1 Å². The summed E-state index contributed by atoms with van der Waals surface area (Å²) in [5.41, 5.74) is 2.99. The van der Waals surface area contributed by atoms with Crippen LogP contribution in [0.5, 0.6) is 5.75 Å². The van der Waals surface area contributed by atoms with Gasteiger partial charge in [0.2, 0.25) is 12.3 Å². The zero-order valence-corrected chi connectivity index (χ0v) is 22.4. The molecule has 0 radical (unpaired) electrons. The van der Waals surface area contributed by atoms with Gasteiger partial charge in [-0.2, -0.15) is 0 Å². The van der Waals surface area contributed by atoms with Crippen LogP contribution in [0.3, 0.4) is 0 Å². The topological polar surface area (TPSA) is 97.3 Å². The molecule has 8 nitrogen and oxygen atoms in total. The molecule has 3 aromatic heterocycles. The summed E-state index contributed by atoms with van der Waals surface area (Å²) in [6.07, 6.45) is 2.42. The number of rotatable bonds is 6. The number of aromatic nitrogens is 3. The number of hydrogen-bond acceptors (Lipinski definition) is 7. The van der Waals surface area contributed by atoms with Gasteiger partial charge in [-0.05, 0) is 44.7 Å². The lowest BCUT2D eigenvalue weighted by molar-refractivity contribution is -0.138. The highest BCUT2D eigenvalue weighted by molar-refractivity contribution is 7.16. The molecule has 38 heavy (non-hydrogen) atoms. The van der Waals surface area contributed by atoms with E-state index in [-0.39, 0.29) is 17.0 Å². The molecule has 200 valence electrons. The smallest absolute Gasteiger partial charge is 0.259 e. The number of fused-ring (bicyclic) bond motifs is 1. The van der Waals surface area contributed by atoms with E-state index in [1.165, 1.54) is 30.8 Å². The van der Waals surface area contributed by atoms with Crippen LogP contribution in [0, 0.1) is 18.8 Å². The Bertz CT molecular complexity index is 1350. The van der Waals surface area contributed by atoms with Crippen molar-refractivity contribution in [2.45, 2.75) is 52.1 Å². The van der Waals surface area contributed by atoms with Gasteiger partial charge in [0, 0.05) is 34.9 Å². The Morgan fingerprint density at radius 1 is 1.13 bits per heavy atom. The molecule has 2 aliphatic rings. The number of hydrogen-bond donors (Lipinski definition) is 1. The van der Waals surface area contributed by atoms with Crippen LogP contribution in [0.2, 0.25) is 5.15 Å². The molecule has 0 aromatic carbocycles. The Kier molecular flexibility index (Phi) is 7.58. The number of aryl methyl sites for hydroxylation is 1. The number of alkyl halides is 2. The molecule has 5 rings (SSSR count). The highest BCUT2D eigenvalue weighted by Gasteiger charge is 2.36. The van der Waals surface area contributed by atoms with Crippen molar-refractivity contribution in [1.29, 1.82) is 0 Å². The van der Waals surface area contributed by atoms with Crippen LogP contribution >= 0.6 is 22.9 Å². The van der Waals surface area contributed by atoms with Gasteiger partial charge in [-0.1, -0.05) is 22.9 Å². The first kappa shape index (κ1) is 26.4. The Morgan fingerprint density at radius 2 is 1.89 bits per heavy atom. The minimum atomic E-state index is -2.32. The van der Waals surface area contributed by atoms with Crippen molar-refractivity contribution >= 4 is 39.9 Å². The summed E-state index contributed by atoms with van der Waals surface area (Å²) in [6, 6.07) is 3.42. The highest BCUT2D eigenvalue weighted by atomic mass is 35.5. The monoisotopic (exact) mass is 561 g/mol. The average Bonchev–Trinajstić information content (AvgIpc) is 3.47. The molecule has 2 amide bonds. The molecule has 4 heterocycles. The van der Waals surface area contributed by atoms with Crippen molar-refractivity contribution in [1.82, 2.24) is 19.9 Å². The number of thiazole rings is 1. The maximum atomic E-state index is 13.3. The molecule has 0 atom stereocenters. The molecule has 1 N–H and O–H groups in total. The van der Waals surface area contributed by atoms with Crippen LogP contribution in [-0.4, -0.2) is 45.2 Å². The number of amides is 2. The normalized spacial score (nSPS) is 18.9. The summed E-state index contributed by atoms with van der Waals surface area (Å²) in [5, 5.41) is 3.55. The molecule has 1 aliphatic heterocycles. The average molecular weight is 562 g/mol. The minimum absolute atomic E-state index is 0.00571. The lowest BCUT2D eigenvalue weighted by Crippen LogP contribution is -2.35. The van der Waals surface area contributed by atoms with Gasteiger partial charge >= 0.3 is 0 Å². The van der Waals surface area contributed by atoms with Crippen LogP contribution in [0.25, 0.3) is 11.1 Å². The maximum absolute atomic E-state index is 13.3. The molecule has 0 spiro atoms. The zero-order chi connectivity index (χ0) is 27.0. The summed E-state index contributed by atoms with van der Waals surface area (Å²) in [6.45, 7) is 2.57. The molecule has 12 heteroatoms. The standard InChI is InChI=1S/C26H26ClF2N5O3S/c1-13-7-16(17-8-22(27)31-10-20(17)37-2)18(9-30-13)24(35)33-26-32-19-11-34(12-21(19)38-26)25(36)15-5-3-14(4-6-15)23(28)29/h7-10,14-15,23H,3-6,11-12H2,1-2H3,(H,32,33,35)/t14-,15-. The van der Waals surface area contributed by atoms with Crippen LogP contribution in [0.15, 0.2) is 24.5 Å². The van der Waals surface area contributed by atoms with Gasteiger partial charge in [0.1, 0.15) is 10.9 Å². The highest BCUT2D eigenvalue weighted by Crippen LogP contribution is 2.38. The predicted molar refractivity (Wildman–Crippen MR) is 140 cm³/mol. The Balaban J connectivity index is 1.28. The minimum Gasteiger partial charge on any atom is -0.494 e. The van der Waals surface area contributed by atoms with Crippen LogP contribution in [-0.2, 0) is 17.9 Å². The number of pyridine rings is 2. The number of nitrogens with one attached hydrogen (secondary N) is 1. The Morgan fingerprint density at radius 3 is 2.58 bits per heavy atom. The first-order valence-electron chi connectivity index (χ1n) is 12.3. The predicted octanol–water partition coefficient (Wildman–Crippen LogP) is 5.74. The number of ether oxygens (including phenoxy) is 1. The summed E-state index contributed by atoms with van der Waals surface area (Å²) in [4.78, 5) is 41.8. The quantitative estimate of drug-likeness (QED) is 0.386. The number of halogens is 3. The lowest BCUT2D eigenvalue weighted by atomic mass is 9.81. The van der Waals surface area contributed by atoms with E-state index in [1.54, 1.807) is 17.0 Å². The fourth-order valence-corrected chi connectivity index (χ4v) is 6.18. The summed E-state index contributed by atoms with van der Waals surface area (Å²) in [5.74, 6) is -0.750. The summed E-state index contributed by atoms with van der Waals surface area (Å²) >= 11 is 7.44. The second-order valence-corrected chi connectivity index (χ2v) is 11.0. The van der Waals surface area contributed by atoms with Crippen molar-refractivity contribution in [2.75, 3.05) is 12.4 Å². The number of methoxy groups -OCH3 is 1. The van der Waals surface area contributed by atoms with Gasteiger partial charge in [-0.25, -0.2) is 18.7 Å². The van der Waals surface area contributed by atoms with Gasteiger partial charge in [0.05, 0.1) is 42.5 Å². The van der Waals surface area contributed by atoms with Crippen LogP contribution in [0.1, 0.15) is 52.3 Å². The molecule has 0 saturated heterocycles. The van der Waals surface area contributed by atoms with Crippen molar-refractivity contribution in [3.05, 3.63) is 51.5 Å². The van der Waals surface area contributed by atoms with E-state index in [1.807, 2.05) is 6.92 Å². The second-order valence-electron chi connectivity index (χ2n) is 9.56. The molecule has 0 bridgehead atoms. The van der Waals surface area contributed by atoms with E-state index in [2.05, 4.69) is 20.3 Å². The third-order valence-corrected chi connectivity index (χ3v) is 8.30. The SMILES string of the molecule is COc1cnc(Cl)cc1-c1cc(C)ncc1C(=O)Nc1nc2c(s1)CN(C(=O)[C@H]1CC[C@H](C(F)F)CC1)C2. The van der Waals surface area contributed by atoms with Gasteiger partial charge in [-0.15, -0.1) is 0 Å². The lowest BCUT2D eigenvalue weighted by Gasteiger charge is -2.29. The number of anilines is 1. The molecule has 3 aromatic rings. The van der Waals surface area contributed by atoms with Crippen molar-refractivity contribution in [3.63, 3.8) is 0 Å². The summed E-state index contributed by atoms with van der Waals surface area (Å²) in [7, 11) is 1.52. The van der Waals surface area contributed by atoms with Crippen molar-refractivity contribution in [3.8, 4) is 16.9 Å². The number of nitrogens with zero attached hydrogens (tertiary/aromatic N) is 4. The van der Waals surface area contributed by atoms with Gasteiger partial charge in [0.25, 0.3) is 5.91 Å². The fraction of sp³-hybridized carbons (Fsp3) is 0.423. The number of carbonyl (C=O) groups is 2. The number of carbonyl (C=O) groups excluding carboxylic acids is 2. The third-order valence-electron chi connectivity index (χ3n) is 7.09. The third kappa shape index (κ3) is 5.35. The van der Waals surface area contributed by atoms with E-state index in [9.17, 15) is 18.4 Å². The van der Waals surface area contributed by atoms with Crippen LogP contribution < -0.4 is 10.1 Å². The molecular formula is C26H26ClF2N5O3S. The molecule has 0 unspecified atom stereocenters. The Labute approximate surface area is 227 Å². The van der Waals surface area contributed by atoms with Gasteiger partial charge < -0.3 is 9.64 Å². The first-order chi connectivity index (χ1) is 18.2. The second kappa shape index (κ2) is 10.9. The van der Waals surface area contributed by atoms with E-state index in [0.29, 0.717) is 72.0 Å².